The van der Waals surface area contributed by atoms with Gasteiger partial charge in [0.2, 0.25) is 0 Å². The number of halogens is 2. The van der Waals surface area contributed by atoms with Crippen LogP contribution in [0.3, 0.4) is 0 Å². The highest BCUT2D eigenvalue weighted by Crippen LogP contribution is 2.25. The molecule has 1 N–H and O–H groups in total. The van der Waals surface area contributed by atoms with E-state index in [1.54, 1.807) is 17.5 Å². The number of nitrogens with one attached hydrogen (secondary N) is 1. The number of thiophene rings is 1. The first-order valence-electron chi connectivity index (χ1n) is 4.74. The Balaban J connectivity index is 2.10. The summed E-state index contributed by atoms with van der Waals surface area (Å²) in [4.78, 5) is 4.05. The summed E-state index contributed by atoms with van der Waals surface area (Å²) in [6, 6.07) is 4.04. The average Bonchev–Trinajstić information content (AvgIpc) is 2.63. The molecule has 2 heterocycles. The van der Waals surface area contributed by atoms with Crippen molar-refractivity contribution in [3.63, 3.8) is 0 Å². The molecule has 0 aromatic carbocycles. The average molecular weight is 318 g/mol. The highest BCUT2D eigenvalue weighted by atomic mass is 79.9. The Morgan fingerprint density at radius 1 is 1.56 bits per heavy atom. The van der Waals surface area contributed by atoms with Gasteiger partial charge in [-0.15, -0.1) is 11.3 Å². The zero-order chi connectivity index (χ0) is 11.5. The van der Waals surface area contributed by atoms with Gasteiger partial charge in [-0.2, -0.15) is 0 Å². The minimum atomic E-state index is 0.522. The van der Waals surface area contributed by atoms with E-state index in [9.17, 15) is 0 Å². The summed E-state index contributed by atoms with van der Waals surface area (Å²) in [5.74, 6) is 0. The normalized spacial score (nSPS) is 10.4. The highest BCUT2D eigenvalue weighted by molar-refractivity contribution is 9.11. The van der Waals surface area contributed by atoms with Crippen molar-refractivity contribution < 1.29 is 0 Å². The van der Waals surface area contributed by atoms with Crippen molar-refractivity contribution in [2.75, 3.05) is 5.32 Å². The number of hydrogen-bond acceptors (Lipinski definition) is 3. The Morgan fingerprint density at radius 2 is 2.38 bits per heavy atom. The van der Waals surface area contributed by atoms with Gasteiger partial charge in [0.15, 0.2) is 5.15 Å². The molecular weight excluding hydrogens is 308 g/mol. The molecule has 0 spiro atoms. The fourth-order valence-corrected chi connectivity index (χ4v) is 2.85. The van der Waals surface area contributed by atoms with Gasteiger partial charge in [0.05, 0.1) is 9.47 Å². The Hall–Kier alpha value is -0.580. The lowest BCUT2D eigenvalue weighted by molar-refractivity contribution is 1.13. The fourth-order valence-electron chi connectivity index (χ4n) is 1.37. The molecule has 5 heteroatoms. The van der Waals surface area contributed by atoms with Crippen molar-refractivity contribution in [1.82, 2.24) is 4.98 Å². The maximum Gasteiger partial charge on any atom is 0.152 e. The molecule has 0 bridgehead atoms. The van der Waals surface area contributed by atoms with Crippen LogP contribution in [0, 0.1) is 6.92 Å². The van der Waals surface area contributed by atoms with Gasteiger partial charge in [0.1, 0.15) is 0 Å². The zero-order valence-electron chi connectivity index (χ0n) is 8.63. The smallest absolute Gasteiger partial charge is 0.152 e. The van der Waals surface area contributed by atoms with Gasteiger partial charge >= 0.3 is 0 Å². The summed E-state index contributed by atoms with van der Waals surface area (Å²) in [7, 11) is 0. The second kappa shape index (κ2) is 5.17. The molecule has 0 aliphatic rings. The molecule has 0 aliphatic heterocycles. The fraction of sp³-hybridized carbons (Fsp3) is 0.182. The number of pyridine rings is 1. The molecule has 0 fully saturated rings. The summed E-state index contributed by atoms with van der Waals surface area (Å²) in [5.41, 5.74) is 3.25. The van der Waals surface area contributed by atoms with Crippen LogP contribution < -0.4 is 5.32 Å². The molecule has 0 aliphatic carbocycles. The van der Waals surface area contributed by atoms with Gasteiger partial charge in [-0.05, 0) is 51.5 Å². The van der Waals surface area contributed by atoms with Crippen molar-refractivity contribution >= 4 is 44.6 Å². The molecule has 0 saturated carbocycles. The van der Waals surface area contributed by atoms with Crippen LogP contribution in [0.1, 0.15) is 11.1 Å². The molecule has 2 nitrogen and oxygen atoms in total. The second-order valence-corrected chi connectivity index (χ2v) is 6.05. The van der Waals surface area contributed by atoms with Crippen molar-refractivity contribution in [3.05, 3.63) is 43.8 Å². The lowest BCUT2D eigenvalue weighted by atomic mass is 10.2. The molecular formula is C11H10BrClN2S. The van der Waals surface area contributed by atoms with Gasteiger partial charge in [0, 0.05) is 12.7 Å². The third-order valence-electron chi connectivity index (χ3n) is 2.20. The molecule has 2 aromatic heterocycles. The maximum absolute atomic E-state index is 6.02. The van der Waals surface area contributed by atoms with E-state index in [2.05, 4.69) is 37.7 Å². The monoisotopic (exact) mass is 316 g/mol. The largest absolute Gasteiger partial charge is 0.378 e. The molecule has 0 radical (unpaired) electrons. The van der Waals surface area contributed by atoms with Crippen LogP contribution in [0.2, 0.25) is 5.15 Å². The summed E-state index contributed by atoms with van der Waals surface area (Å²) in [5, 5.41) is 5.93. The Bertz CT molecular complexity index is 478. The van der Waals surface area contributed by atoms with Crippen LogP contribution in [0.4, 0.5) is 5.69 Å². The van der Waals surface area contributed by atoms with Gasteiger partial charge in [0.25, 0.3) is 0 Å². The van der Waals surface area contributed by atoms with E-state index in [1.807, 2.05) is 13.0 Å². The van der Waals surface area contributed by atoms with Crippen molar-refractivity contribution in [2.24, 2.45) is 0 Å². The van der Waals surface area contributed by atoms with Crippen LogP contribution in [-0.2, 0) is 6.54 Å². The van der Waals surface area contributed by atoms with Crippen LogP contribution in [0.15, 0.2) is 27.5 Å². The van der Waals surface area contributed by atoms with Gasteiger partial charge in [-0.25, -0.2) is 4.98 Å². The highest BCUT2D eigenvalue weighted by Gasteiger charge is 2.04. The number of aromatic nitrogens is 1. The van der Waals surface area contributed by atoms with E-state index in [0.29, 0.717) is 5.15 Å². The predicted octanol–water partition coefficient (Wildman–Crippen LogP) is 4.48. The number of nitrogens with zero attached hydrogens (tertiary/aromatic N) is 1. The second-order valence-electron chi connectivity index (χ2n) is 3.41. The standard InChI is InChI=1S/C11H10BrClN2S/c1-7-2-3-14-11(13)10(7)15-5-8-4-9(12)16-6-8/h2-4,6,15H,5H2,1H3. The summed E-state index contributed by atoms with van der Waals surface area (Å²) in [6.45, 7) is 2.77. The third kappa shape index (κ3) is 2.75. The van der Waals surface area contributed by atoms with Gasteiger partial charge < -0.3 is 5.32 Å². The molecule has 2 aromatic rings. The van der Waals surface area contributed by atoms with Crippen LogP contribution in [0.25, 0.3) is 0 Å². The van der Waals surface area contributed by atoms with Gasteiger partial charge in [-0.1, -0.05) is 11.6 Å². The van der Waals surface area contributed by atoms with Crippen LogP contribution in [0.5, 0.6) is 0 Å². The van der Waals surface area contributed by atoms with E-state index < -0.39 is 0 Å². The lowest BCUT2D eigenvalue weighted by Gasteiger charge is -2.09. The SMILES string of the molecule is Cc1ccnc(Cl)c1NCc1csc(Br)c1. The number of rotatable bonds is 3. The quantitative estimate of drug-likeness (QED) is 0.844. The molecule has 0 amide bonds. The molecule has 2 rings (SSSR count). The van der Waals surface area contributed by atoms with Crippen molar-refractivity contribution in [3.8, 4) is 0 Å². The molecule has 0 saturated heterocycles. The van der Waals surface area contributed by atoms with Crippen LogP contribution >= 0.6 is 38.9 Å². The first-order valence-corrected chi connectivity index (χ1v) is 6.80. The Labute approximate surface area is 112 Å². The molecule has 16 heavy (non-hydrogen) atoms. The van der Waals surface area contributed by atoms with E-state index >= 15 is 0 Å². The summed E-state index contributed by atoms with van der Waals surface area (Å²) < 4.78 is 1.14. The molecule has 0 unspecified atom stereocenters. The van der Waals surface area contributed by atoms with Crippen molar-refractivity contribution in [2.45, 2.75) is 13.5 Å². The van der Waals surface area contributed by atoms with E-state index in [0.717, 1.165) is 21.6 Å². The summed E-state index contributed by atoms with van der Waals surface area (Å²) in [6.07, 6.45) is 1.71. The minimum Gasteiger partial charge on any atom is -0.378 e. The number of anilines is 1. The maximum atomic E-state index is 6.02. The minimum absolute atomic E-state index is 0.522. The zero-order valence-corrected chi connectivity index (χ0v) is 11.8. The summed E-state index contributed by atoms with van der Waals surface area (Å²) >= 11 is 11.1. The van der Waals surface area contributed by atoms with E-state index in [1.165, 1.54) is 5.56 Å². The lowest BCUT2D eigenvalue weighted by Crippen LogP contribution is -2.01. The van der Waals surface area contributed by atoms with Gasteiger partial charge in [-0.3, -0.25) is 0 Å². The first kappa shape index (κ1) is 11.9. The topological polar surface area (TPSA) is 24.9 Å². The molecule has 84 valence electrons. The van der Waals surface area contributed by atoms with E-state index in [4.69, 9.17) is 11.6 Å². The number of hydrogen-bond donors (Lipinski definition) is 1. The Morgan fingerprint density at radius 3 is 3.00 bits per heavy atom. The molecule has 0 atom stereocenters. The van der Waals surface area contributed by atoms with E-state index in [-0.39, 0.29) is 0 Å². The predicted molar refractivity (Wildman–Crippen MR) is 73.3 cm³/mol. The van der Waals surface area contributed by atoms with Crippen LogP contribution in [-0.4, -0.2) is 4.98 Å². The Kier molecular flexibility index (Phi) is 3.84. The first-order chi connectivity index (χ1) is 7.66. The number of aryl methyl sites for hydroxylation is 1. The van der Waals surface area contributed by atoms with Crippen molar-refractivity contribution in [1.29, 1.82) is 0 Å². The third-order valence-corrected chi connectivity index (χ3v) is 4.04.